The van der Waals surface area contributed by atoms with Crippen LogP contribution in [-0.4, -0.2) is 37.7 Å². The highest BCUT2D eigenvalue weighted by Gasteiger charge is 2.31. The van der Waals surface area contributed by atoms with Gasteiger partial charge in [-0.3, -0.25) is 14.5 Å². The van der Waals surface area contributed by atoms with Crippen molar-refractivity contribution in [3.63, 3.8) is 0 Å². The number of fused-ring (bicyclic) bond motifs is 1. The lowest BCUT2D eigenvalue weighted by Crippen LogP contribution is -2.15. The fraction of sp³-hybridized carbons (Fsp3) is 0.179. The van der Waals surface area contributed by atoms with Crippen LogP contribution in [0.4, 0.5) is 30.4 Å². The molecule has 0 saturated carbocycles. The number of pyridine rings is 1. The zero-order valence-corrected chi connectivity index (χ0v) is 21.8. The van der Waals surface area contributed by atoms with Crippen molar-refractivity contribution < 1.29 is 18.0 Å². The molecule has 9 nitrogen and oxygen atoms in total. The molecule has 0 spiro atoms. The molecule has 2 aromatic carbocycles. The average Bonchev–Trinajstić information content (AvgIpc) is 3.30. The Hall–Kier alpha value is -4.84. The van der Waals surface area contributed by atoms with Crippen molar-refractivity contribution in [3.8, 4) is 11.4 Å². The van der Waals surface area contributed by atoms with E-state index in [1.54, 1.807) is 61.6 Å². The molecular weight excluding hydrogens is 521 g/mol. The van der Waals surface area contributed by atoms with E-state index in [-0.39, 0.29) is 17.8 Å². The van der Waals surface area contributed by atoms with Crippen molar-refractivity contribution in [2.75, 3.05) is 17.7 Å². The number of aryl methyl sites for hydroxylation is 2. The predicted octanol–water partition coefficient (Wildman–Crippen LogP) is 5.47. The summed E-state index contributed by atoms with van der Waals surface area (Å²) in [5.41, 5.74) is 2.60. The Morgan fingerprint density at radius 1 is 1.05 bits per heavy atom. The van der Waals surface area contributed by atoms with E-state index in [1.165, 1.54) is 6.07 Å². The number of hydrogen-bond acceptors (Lipinski definition) is 7. The second kappa shape index (κ2) is 10.7. The van der Waals surface area contributed by atoms with Gasteiger partial charge in [0, 0.05) is 48.5 Å². The van der Waals surface area contributed by atoms with E-state index in [9.17, 15) is 18.0 Å². The van der Waals surface area contributed by atoms with Crippen LogP contribution in [0, 0.1) is 6.92 Å². The predicted molar refractivity (Wildman–Crippen MR) is 146 cm³/mol. The maximum atomic E-state index is 13.4. The number of carbonyl (C=O) groups excluding carboxylic acids is 1. The van der Waals surface area contributed by atoms with Crippen LogP contribution in [0.3, 0.4) is 0 Å². The van der Waals surface area contributed by atoms with Crippen LogP contribution in [-0.2, 0) is 19.8 Å². The molecule has 0 fully saturated rings. The van der Waals surface area contributed by atoms with Crippen molar-refractivity contribution in [2.45, 2.75) is 19.6 Å². The number of halogens is 3. The summed E-state index contributed by atoms with van der Waals surface area (Å²) >= 11 is 0. The van der Waals surface area contributed by atoms with Gasteiger partial charge >= 0.3 is 6.18 Å². The maximum absolute atomic E-state index is 13.4. The van der Waals surface area contributed by atoms with Gasteiger partial charge in [0.05, 0.1) is 17.1 Å². The van der Waals surface area contributed by atoms with Crippen molar-refractivity contribution in [3.05, 3.63) is 89.4 Å². The van der Waals surface area contributed by atoms with E-state index in [4.69, 9.17) is 4.98 Å². The van der Waals surface area contributed by atoms with Crippen LogP contribution in [0.2, 0.25) is 0 Å². The van der Waals surface area contributed by atoms with Crippen LogP contribution in [0.15, 0.2) is 67.1 Å². The van der Waals surface area contributed by atoms with E-state index in [0.717, 1.165) is 23.3 Å². The zero-order valence-electron chi connectivity index (χ0n) is 21.8. The molecular formula is C28H25F3N8O. The van der Waals surface area contributed by atoms with Crippen LogP contribution in [0.5, 0.6) is 0 Å². The number of aromatic nitrogens is 5. The van der Waals surface area contributed by atoms with E-state index >= 15 is 0 Å². The molecule has 0 aliphatic rings. The van der Waals surface area contributed by atoms with Gasteiger partial charge in [-0.05, 0) is 67.6 Å². The first-order chi connectivity index (χ1) is 19.1. The highest BCUT2D eigenvalue weighted by atomic mass is 19.4. The highest BCUT2D eigenvalue weighted by molar-refractivity contribution is 6.05. The zero-order chi connectivity index (χ0) is 28.4. The van der Waals surface area contributed by atoms with E-state index in [1.807, 2.05) is 13.0 Å². The third-order valence-corrected chi connectivity index (χ3v) is 6.22. The van der Waals surface area contributed by atoms with Gasteiger partial charge in [0.1, 0.15) is 5.82 Å². The number of hydrogen-bond donors (Lipinski definition) is 3. The lowest BCUT2D eigenvalue weighted by Gasteiger charge is -2.15. The average molecular weight is 547 g/mol. The lowest BCUT2D eigenvalue weighted by molar-refractivity contribution is -0.137. The molecule has 0 unspecified atom stereocenters. The SMILES string of the molecule is CNCc1cc(NC(=O)c2ccc(C)c(Nc3nc(-c4cccnc4)nc4c3cnn4C)c2)cc(C(F)(F)F)c1. The number of anilines is 3. The number of carbonyl (C=O) groups is 1. The molecule has 0 aliphatic carbocycles. The number of alkyl halides is 3. The first-order valence-electron chi connectivity index (χ1n) is 12.3. The molecule has 5 aromatic rings. The summed E-state index contributed by atoms with van der Waals surface area (Å²) in [5.74, 6) is 0.371. The first kappa shape index (κ1) is 26.8. The molecule has 0 bridgehead atoms. The summed E-state index contributed by atoms with van der Waals surface area (Å²) in [4.78, 5) is 26.6. The van der Waals surface area contributed by atoms with Crippen molar-refractivity contribution in [2.24, 2.45) is 7.05 Å². The smallest absolute Gasteiger partial charge is 0.339 e. The Bertz CT molecular complexity index is 1700. The first-order valence-corrected chi connectivity index (χ1v) is 12.3. The third-order valence-electron chi connectivity index (χ3n) is 6.22. The molecule has 40 heavy (non-hydrogen) atoms. The molecule has 3 N–H and O–H groups in total. The van der Waals surface area contributed by atoms with Crippen LogP contribution in [0.25, 0.3) is 22.4 Å². The molecule has 0 atom stereocenters. The normalized spacial score (nSPS) is 11.6. The summed E-state index contributed by atoms with van der Waals surface area (Å²) in [6, 6.07) is 12.1. The lowest BCUT2D eigenvalue weighted by atomic mass is 10.1. The molecule has 5 rings (SSSR count). The number of nitrogens with one attached hydrogen (secondary N) is 3. The largest absolute Gasteiger partial charge is 0.416 e. The maximum Gasteiger partial charge on any atom is 0.416 e. The van der Waals surface area contributed by atoms with Crippen molar-refractivity contribution >= 4 is 34.1 Å². The minimum Gasteiger partial charge on any atom is -0.339 e. The topological polar surface area (TPSA) is 110 Å². The Balaban J connectivity index is 1.47. The van der Waals surface area contributed by atoms with Gasteiger partial charge in [-0.2, -0.15) is 18.3 Å². The standard InChI is InChI=1S/C28H25F3N8O/c1-16-6-7-18(27(40)35-21-10-17(13-32-2)9-20(12-21)28(29,30)31)11-23(16)36-25-22-15-34-39(3)26(22)38-24(37-25)19-5-4-8-33-14-19/h4-12,14-15,32H,13H2,1-3H3,(H,35,40)(H,36,37,38). The van der Waals surface area contributed by atoms with Crippen LogP contribution < -0.4 is 16.0 Å². The third kappa shape index (κ3) is 5.61. The molecule has 204 valence electrons. The fourth-order valence-electron chi connectivity index (χ4n) is 4.20. The second-order valence-electron chi connectivity index (χ2n) is 9.20. The summed E-state index contributed by atoms with van der Waals surface area (Å²) in [6.45, 7) is 2.08. The summed E-state index contributed by atoms with van der Waals surface area (Å²) < 4.78 is 42.0. The minimum absolute atomic E-state index is 0.0501. The summed E-state index contributed by atoms with van der Waals surface area (Å²) in [5, 5.41) is 13.7. The van der Waals surface area contributed by atoms with Gasteiger partial charge in [-0.1, -0.05) is 6.07 Å². The highest BCUT2D eigenvalue weighted by Crippen LogP contribution is 2.33. The molecule has 0 radical (unpaired) electrons. The quantitative estimate of drug-likeness (QED) is 0.248. The van der Waals surface area contributed by atoms with E-state index in [0.29, 0.717) is 33.9 Å². The Kier molecular flexibility index (Phi) is 7.18. The number of rotatable bonds is 7. The Morgan fingerprint density at radius 3 is 2.60 bits per heavy atom. The van der Waals surface area contributed by atoms with Crippen LogP contribution >= 0.6 is 0 Å². The summed E-state index contributed by atoms with van der Waals surface area (Å²) in [7, 11) is 3.41. The molecule has 3 heterocycles. The van der Waals surface area contributed by atoms with Gasteiger partial charge in [0.2, 0.25) is 0 Å². The van der Waals surface area contributed by atoms with Crippen molar-refractivity contribution in [1.29, 1.82) is 0 Å². The minimum atomic E-state index is -4.55. The van der Waals surface area contributed by atoms with Crippen LogP contribution in [0.1, 0.15) is 27.0 Å². The van der Waals surface area contributed by atoms with Crippen molar-refractivity contribution in [1.82, 2.24) is 30.0 Å². The van der Waals surface area contributed by atoms with E-state index in [2.05, 4.69) is 31.0 Å². The Morgan fingerprint density at radius 2 is 1.88 bits per heavy atom. The molecule has 12 heteroatoms. The molecule has 1 amide bonds. The number of benzene rings is 2. The Labute approximate surface area is 227 Å². The summed E-state index contributed by atoms with van der Waals surface area (Å²) in [6.07, 6.45) is 0.417. The van der Waals surface area contributed by atoms with E-state index < -0.39 is 17.6 Å². The molecule has 0 aliphatic heterocycles. The van der Waals surface area contributed by atoms with Gasteiger partial charge in [-0.15, -0.1) is 0 Å². The molecule has 3 aromatic heterocycles. The van der Waals surface area contributed by atoms with Gasteiger partial charge in [0.25, 0.3) is 5.91 Å². The number of nitrogens with zero attached hydrogens (tertiary/aromatic N) is 5. The second-order valence-corrected chi connectivity index (χ2v) is 9.20. The monoisotopic (exact) mass is 546 g/mol. The fourth-order valence-corrected chi connectivity index (χ4v) is 4.20. The number of amides is 1. The molecule has 0 saturated heterocycles. The van der Waals surface area contributed by atoms with Gasteiger partial charge in [0.15, 0.2) is 11.5 Å². The van der Waals surface area contributed by atoms with Gasteiger partial charge < -0.3 is 16.0 Å². The van der Waals surface area contributed by atoms with Gasteiger partial charge in [-0.25, -0.2) is 9.97 Å².